The Bertz CT molecular complexity index is 329. The molecule has 1 aliphatic heterocycles. The first-order valence-corrected chi connectivity index (χ1v) is 4.70. The number of carbonyl (C=O) groups excluding carboxylic acids is 1. The van der Waals surface area contributed by atoms with Crippen molar-refractivity contribution in [2.45, 2.75) is 12.8 Å². The molecule has 14 heavy (non-hydrogen) atoms. The Kier molecular flexibility index (Phi) is 2.39. The molecule has 1 heterocycles. The van der Waals surface area contributed by atoms with Gasteiger partial charge in [-0.05, 0) is 30.5 Å². The fourth-order valence-electron chi connectivity index (χ4n) is 1.64. The van der Waals surface area contributed by atoms with Gasteiger partial charge >= 0.3 is 5.97 Å². The van der Waals surface area contributed by atoms with Crippen LogP contribution in [0.4, 0.5) is 0 Å². The lowest BCUT2D eigenvalue weighted by Crippen LogP contribution is -2.10. The quantitative estimate of drug-likeness (QED) is 0.722. The van der Waals surface area contributed by atoms with Crippen LogP contribution in [0.5, 0.6) is 5.75 Å². The summed E-state index contributed by atoms with van der Waals surface area (Å²) >= 11 is 0. The number of rotatable bonds is 2. The van der Waals surface area contributed by atoms with E-state index in [1.807, 2.05) is 12.1 Å². The Morgan fingerprint density at radius 3 is 2.64 bits per heavy atom. The molecular weight excluding hydrogens is 180 g/mol. The number of phenols is 1. The van der Waals surface area contributed by atoms with Crippen LogP contribution in [-0.4, -0.2) is 17.7 Å². The molecule has 0 aromatic heterocycles. The highest BCUT2D eigenvalue weighted by Gasteiger charge is 2.26. The normalized spacial score (nSPS) is 20.9. The number of carbonyl (C=O) groups is 1. The number of hydrogen-bond donors (Lipinski definition) is 1. The number of benzene rings is 1. The summed E-state index contributed by atoms with van der Waals surface area (Å²) < 4.78 is 4.87. The van der Waals surface area contributed by atoms with Crippen LogP contribution in [0.25, 0.3) is 0 Å². The Morgan fingerprint density at radius 1 is 1.36 bits per heavy atom. The number of hydrogen-bond acceptors (Lipinski definition) is 3. The third-order valence-electron chi connectivity index (χ3n) is 2.46. The molecule has 1 unspecified atom stereocenters. The number of phenolic OH excluding ortho intramolecular Hbond substituents is 1. The van der Waals surface area contributed by atoms with Crippen LogP contribution >= 0.6 is 0 Å². The SMILES string of the molecule is O=C1OCCC1Cc1ccc(O)cc1. The van der Waals surface area contributed by atoms with Crippen molar-refractivity contribution in [1.82, 2.24) is 0 Å². The second kappa shape index (κ2) is 3.70. The van der Waals surface area contributed by atoms with E-state index in [2.05, 4.69) is 0 Å². The van der Waals surface area contributed by atoms with E-state index in [4.69, 9.17) is 9.84 Å². The third kappa shape index (κ3) is 1.87. The zero-order valence-corrected chi connectivity index (χ0v) is 7.77. The molecule has 3 heteroatoms. The third-order valence-corrected chi connectivity index (χ3v) is 2.46. The fourth-order valence-corrected chi connectivity index (χ4v) is 1.64. The highest BCUT2D eigenvalue weighted by Crippen LogP contribution is 2.20. The van der Waals surface area contributed by atoms with Crippen LogP contribution in [0.3, 0.4) is 0 Å². The summed E-state index contributed by atoms with van der Waals surface area (Å²) in [6.07, 6.45) is 1.51. The van der Waals surface area contributed by atoms with Gasteiger partial charge in [0, 0.05) is 0 Å². The molecule has 1 N–H and O–H groups in total. The number of cyclic esters (lactones) is 1. The highest BCUT2D eigenvalue weighted by molar-refractivity contribution is 5.74. The van der Waals surface area contributed by atoms with E-state index < -0.39 is 0 Å². The Balaban J connectivity index is 2.03. The van der Waals surface area contributed by atoms with E-state index in [0.29, 0.717) is 13.0 Å². The van der Waals surface area contributed by atoms with Gasteiger partial charge in [-0.1, -0.05) is 12.1 Å². The first-order valence-electron chi connectivity index (χ1n) is 4.70. The van der Waals surface area contributed by atoms with E-state index in [1.165, 1.54) is 0 Å². The lowest BCUT2D eigenvalue weighted by molar-refractivity contribution is -0.141. The average molecular weight is 192 g/mol. The minimum Gasteiger partial charge on any atom is -0.508 e. The van der Waals surface area contributed by atoms with Crippen LogP contribution in [0.15, 0.2) is 24.3 Å². The molecule has 0 saturated carbocycles. The van der Waals surface area contributed by atoms with Crippen molar-refractivity contribution in [3.05, 3.63) is 29.8 Å². The topological polar surface area (TPSA) is 46.5 Å². The molecule has 74 valence electrons. The van der Waals surface area contributed by atoms with Gasteiger partial charge in [0.1, 0.15) is 5.75 Å². The van der Waals surface area contributed by atoms with Crippen LogP contribution in [0.2, 0.25) is 0 Å². The van der Waals surface area contributed by atoms with E-state index in [9.17, 15) is 4.79 Å². The van der Waals surface area contributed by atoms with Crippen LogP contribution in [0.1, 0.15) is 12.0 Å². The van der Waals surface area contributed by atoms with Gasteiger partial charge < -0.3 is 9.84 Å². The molecular formula is C11H12O3. The summed E-state index contributed by atoms with van der Waals surface area (Å²) in [4.78, 5) is 11.2. The maximum atomic E-state index is 11.2. The van der Waals surface area contributed by atoms with Gasteiger partial charge in [0.05, 0.1) is 12.5 Å². The molecule has 0 radical (unpaired) electrons. The van der Waals surface area contributed by atoms with Gasteiger partial charge in [0.25, 0.3) is 0 Å². The number of esters is 1. The molecule has 0 spiro atoms. The van der Waals surface area contributed by atoms with E-state index in [0.717, 1.165) is 12.0 Å². The van der Waals surface area contributed by atoms with Crippen molar-refractivity contribution in [3.8, 4) is 5.75 Å². The molecule has 1 aromatic carbocycles. The van der Waals surface area contributed by atoms with Crippen LogP contribution in [-0.2, 0) is 16.0 Å². The summed E-state index contributed by atoms with van der Waals surface area (Å²) in [5.41, 5.74) is 1.06. The van der Waals surface area contributed by atoms with Gasteiger partial charge in [-0.2, -0.15) is 0 Å². The van der Waals surface area contributed by atoms with Gasteiger partial charge in [-0.15, -0.1) is 0 Å². The Labute approximate surface area is 82.3 Å². The summed E-state index contributed by atoms with van der Waals surface area (Å²) in [6.45, 7) is 0.543. The highest BCUT2D eigenvalue weighted by atomic mass is 16.5. The molecule has 1 saturated heterocycles. The zero-order chi connectivity index (χ0) is 9.97. The summed E-state index contributed by atoms with van der Waals surface area (Å²) in [5, 5.41) is 9.08. The second-order valence-corrected chi connectivity index (χ2v) is 3.52. The number of aromatic hydroxyl groups is 1. The van der Waals surface area contributed by atoms with Gasteiger partial charge in [-0.3, -0.25) is 4.79 Å². The summed E-state index contributed by atoms with van der Waals surface area (Å²) in [5.74, 6) is 0.153. The Hall–Kier alpha value is -1.51. The smallest absolute Gasteiger partial charge is 0.309 e. The predicted molar refractivity (Wildman–Crippen MR) is 50.9 cm³/mol. The van der Waals surface area contributed by atoms with Crippen molar-refractivity contribution in [2.24, 2.45) is 5.92 Å². The van der Waals surface area contributed by atoms with Crippen molar-refractivity contribution in [1.29, 1.82) is 0 Å². The van der Waals surface area contributed by atoms with Crippen molar-refractivity contribution in [3.63, 3.8) is 0 Å². The second-order valence-electron chi connectivity index (χ2n) is 3.52. The zero-order valence-electron chi connectivity index (χ0n) is 7.77. The minimum absolute atomic E-state index is 0.000423. The average Bonchev–Trinajstić information content (AvgIpc) is 2.56. The number of ether oxygens (including phenoxy) is 1. The van der Waals surface area contributed by atoms with Crippen LogP contribution < -0.4 is 0 Å². The summed E-state index contributed by atoms with van der Waals surface area (Å²) in [7, 11) is 0. The van der Waals surface area contributed by atoms with Crippen molar-refractivity contribution >= 4 is 5.97 Å². The van der Waals surface area contributed by atoms with Crippen molar-refractivity contribution < 1.29 is 14.6 Å². The minimum atomic E-state index is -0.0990. The lowest BCUT2D eigenvalue weighted by atomic mass is 9.98. The maximum absolute atomic E-state index is 11.2. The maximum Gasteiger partial charge on any atom is 0.309 e. The molecule has 3 nitrogen and oxygen atoms in total. The summed E-state index contributed by atoms with van der Waals surface area (Å²) in [6, 6.07) is 6.94. The monoisotopic (exact) mass is 192 g/mol. The largest absolute Gasteiger partial charge is 0.508 e. The molecule has 1 atom stereocenters. The molecule has 1 aliphatic rings. The standard InChI is InChI=1S/C11H12O3/c12-10-3-1-8(2-4-10)7-9-5-6-14-11(9)13/h1-4,9,12H,5-7H2. The first kappa shape index (κ1) is 9.06. The van der Waals surface area contributed by atoms with E-state index in [1.54, 1.807) is 12.1 Å². The van der Waals surface area contributed by atoms with Gasteiger partial charge in [-0.25, -0.2) is 0 Å². The van der Waals surface area contributed by atoms with E-state index in [-0.39, 0.29) is 17.6 Å². The van der Waals surface area contributed by atoms with E-state index >= 15 is 0 Å². The molecule has 2 rings (SSSR count). The molecule has 0 amide bonds. The molecule has 0 aliphatic carbocycles. The Morgan fingerprint density at radius 2 is 2.07 bits per heavy atom. The fraction of sp³-hybridized carbons (Fsp3) is 0.364. The molecule has 1 fully saturated rings. The van der Waals surface area contributed by atoms with Gasteiger partial charge in [0.15, 0.2) is 0 Å². The first-order chi connectivity index (χ1) is 6.75. The van der Waals surface area contributed by atoms with Crippen LogP contribution in [0, 0.1) is 5.92 Å². The predicted octanol–water partition coefficient (Wildman–Crippen LogP) is 1.50. The van der Waals surface area contributed by atoms with Gasteiger partial charge in [0.2, 0.25) is 0 Å². The lowest BCUT2D eigenvalue weighted by Gasteiger charge is -2.05. The van der Waals surface area contributed by atoms with Crippen molar-refractivity contribution in [2.75, 3.05) is 6.61 Å². The molecule has 0 bridgehead atoms. The molecule has 1 aromatic rings.